The van der Waals surface area contributed by atoms with E-state index in [2.05, 4.69) is 10.6 Å². The standard InChI is InChI=1S/C14H17ClN2O4/c15-11-4-2-1-3-10(11)13(19)16-7-12(18)17-8-14(20)5-6-21-9-14/h1-4,20H,5-9H2,(H,16,19)(H,17,18). The SMILES string of the molecule is O=C(CNC(=O)c1ccccc1Cl)NCC1(O)CCOC1. The Labute approximate surface area is 127 Å². The van der Waals surface area contributed by atoms with Gasteiger partial charge in [-0.3, -0.25) is 9.59 Å². The van der Waals surface area contributed by atoms with Gasteiger partial charge in [0.25, 0.3) is 5.91 Å². The van der Waals surface area contributed by atoms with E-state index in [0.717, 1.165) is 0 Å². The average molecular weight is 313 g/mol. The van der Waals surface area contributed by atoms with Crippen LogP contribution in [0.25, 0.3) is 0 Å². The Morgan fingerprint density at radius 3 is 2.76 bits per heavy atom. The first kappa shape index (κ1) is 15.8. The largest absolute Gasteiger partial charge is 0.386 e. The van der Waals surface area contributed by atoms with Crippen LogP contribution in [0.1, 0.15) is 16.8 Å². The highest BCUT2D eigenvalue weighted by atomic mass is 35.5. The number of hydrogen-bond acceptors (Lipinski definition) is 4. The number of carbonyl (C=O) groups is 2. The summed E-state index contributed by atoms with van der Waals surface area (Å²) in [6.45, 7) is 0.615. The number of ether oxygens (including phenoxy) is 1. The minimum Gasteiger partial charge on any atom is -0.386 e. The van der Waals surface area contributed by atoms with E-state index in [1.54, 1.807) is 24.3 Å². The van der Waals surface area contributed by atoms with Crippen molar-refractivity contribution in [1.82, 2.24) is 10.6 Å². The van der Waals surface area contributed by atoms with Crippen LogP contribution in [0, 0.1) is 0 Å². The van der Waals surface area contributed by atoms with Gasteiger partial charge >= 0.3 is 0 Å². The van der Waals surface area contributed by atoms with Crippen LogP contribution in [0.15, 0.2) is 24.3 Å². The maximum absolute atomic E-state index is 11.8. The van der Waals surface area contributed by atoms with Gasteiger partial charge in [0, 0.05) is 19.6 Å². The van der Waals surface area contributed by atoms with Crippen molar-refractivity contribution in [2.75, 3.05) is 26.3 Å². The monoisotopic (exact) mass is 312 g/mol. The Balaban J connectivity index is 1.76. The van der Waals surface area contributed by atoms with E-state index in [4.69, 9.17) is 16.3 Å². The maximum atomic E-state index is 11.8. The molecule has 1 saturated heterocycles. The Bertz CT molecular complexity index is 529. The molecule has 0 aromatic heterocycles. The van der Waals surface area contributed by atoms with Crippen molar-refractivity contribution in [1.29, 1.82) is 0 Å². The van der Waals surface area contributed by atoms with Gasteiger partial charge in [-0.1, -0.05) is 23.7 Å². The van der Waals surface area contributed by atoms with E-state index in [-0.39, 0.29) is 25.6 Å². The first-order valence-corrected chi connectivity index (χ1v) is 6.97. The highest BCUT2D eigenvalue weighted by Crippen LogP contribution is 2.17. The molecule has 0 bridgehead atoms. The molecule has 1 unspecified atom stereocenters. The third-order valence-electron chi connectivity index (χ3n) is 3.23. The molecule has 0 radical (unpaired) electrons. The molecule has 2 rings (SSSR count). The molecule has 3 N–H and O–H groups in total. The summed E-state index contributed by atoms with van der Waals surface area (Å²) in [6, 6.07) is 6.59. The zero-order valence-electron chi connectivity index (χ0n) is 11.4. The predicted molar refractivity (Wildman–Crippen MR) is 77.2 cm³/mol. The molecule has 1 aromatic carbocycles. The Morgan fingerprint density at radius 1 is 1.33 bits per heavy atom. The number of amides is 2. The molecular weight excluding hydrogens is 296 g/mol. The Kier molecular flexibility index (Phi) is 5.17. The second-order valence-electron chi connectivity index (χ2n) is 4.97. The zero-order valence-corrected chi connectivity index (χ0v) is 12.2. The number of rotatable bonds is 5. The molecule has 0 saturated carbocycles. The van der Waals surface area contributed by atoms with Gasteiger partial charge in [-0.25, -0.2) is 0 Å². The summed E-state index contributed by atoms with van der Waals surface area (Å²) in [4.78, 5) is 23.5. The molecule has 0 aliphatic carbocycles. The first-order valence-electron chi connectivity index (χ1n) is 6.60. The van der Waals surface area contributed by atoms with Gasteiger partial charge in [0.05, 0.1) is 23.7 Å². The summed E-state index contributed by atoms with van der Waals surface area (Å²) in [5.74, 6) is -0.797. The lowest BCUT2D eigenvalue weighted by Crippen LogP contribution is -2.46. The summed E-state index contributed by atoms with van der Waals surface area (Å²) in [5, 5.41) is 15.4. The fourth-order valence-corrected chi connectivity index (χ4v) is 2.18. The number of aliphatic hydroxyl groups is 1. The third kappa shape index (κ3) is 4.42. The van der Waals surface area contributed by atoms with Crippen LogP contribution >= 0.6 is 11.6 Å². The van der Waals surface area contributed by atoms with E-state index >= 15 is 0 Å². The number of carbonyl (C=O) groups excluding carboxylic acids is 2. The molecule has 1 fully saturated rings. The molecule has 0 spiro atoms. The Morgan fingerprint density at radius 2 is 2.10 bits per heavy atom. The molecule has 1 aliphatic rings. The van der Waals surface area contributed by atoms with Crippen molar-refractivity contribution in [3.63, 3.8) is 0 Å². The van der Waals surface area contributed by atoms with E-state index in [9.17, 15) is 14.7 Å². The number of halogens is 1. The molecular formula is C14H17ClN2O4. The number of benzene rings is 1. The summed E-state index contributed by atoms with van der Waals surface area (Å²) in [5.41, 5.74) is -0.697. The van der Waals surface area contributed by atoms with Crippen molar-refractivity contribution < 1.29 is 19.4 Å². The number of nitrogens with one attached hydrogen (secondary N) is 2. The van der Waals surface area contributed by atoms with Crippen molar-refractivity contribution in [3.05, 3.63) is 34.9 Å². The molecule has 1 aromatic rings. The van der Waals surface area contributed by atoms with Crippen LogP contribution in [0.5, 0.6) is 0 Å². The van der Waals surface area contributed by atoms with Crippen molar-refractivity contribution in [2.24, 2.45) is 0 Å². The van der Waals surface area contributed by atoms with Crippen molar-refractivity contribution in [3.8, 4) is 0 Å². The summed E-state index contributed by atoms with van der Waals surface area (Å²) < 4.78 is 5.08. The van der Waals surface area contributed by atoms with Crippen LogP contribution in [0.2, 0.25) is 5.02 Å². The third-order valence-corrected chi connectivity index (χ3v) is 3.55. The highest BCUT2D eigenvalue weighted by Gasteiger charge is 2.32. The average Bonchev–Trinajstić information content (AvgIpc) is 2.90. The van der Waals surface area contributed by atoms with E-state index < -0.39 is 11.5 Å². The van der Waals surface area contributed by atoms with Crippen LogP contribution in [0.3, 0.4) is 0 Å². The predicted octanol–water partition coefficient (Wildman–Crippen LogP) is 0.337. The van der Waals surface area contributed by atoms with Gasteiger partial charge in [-0.15, -0.1) is 0 Å². The second kappa shape index (κ2) is 6.89. The van der Waals surface area contributed by atoms with Gasteiger partial charge in [-0.2, -0.15) is 0 Å². The molecule has 1 aliphatic heterocycles. The molecule has 7 heteroatoms. The van der Waals surface area contributed by atoms with E-state index in [1.807, 2.05) is 0 Å². The normalized spacial score (nSPS) is 21.0. The van der Waals surface area contributed by atoms with E-state index in [0.29, 0.717) is 23.6 Å². The summed E-state index contributed by atoms with van der Waals surface area (Å²) in [7, 11) is 0. The Hall–Kier alpha value is -1.63. The molecule has 114 valence electrons. The fraction of sp³-hybridized carbons (Fsp3) is 0.429. The summed E-state index contributed by atoms with van der Waals surface area (Å²) >= 11 is 5.89. The van der Waals surface area contributed by atoms with Gasteiger partial charge < -0.3 is 20.5 Å². The fourth-order valence-electron chi connectivity index (χ4n) is 1.96. The van der Waals surface area contributed by atoms with Gasteiger partial charge in [0.2, 0.25) is 5.91 Å². The molecule has 21 heavy (non-hydrogen) atoms. The second-order valence-corrected chi connectivity index (χ2v) is 5.37. The highest BCUT2D eigenvalue weighted by molar-refractivity contribution is 6.33. The van der Waals surface area contributed by atoms with Crippen molar-refractivity contribution in [2.45, 2.75) is 12.0 Å². The molecule has 1 heterocycles. The van der Waals surface area contributed by atoms with E-state index in [1.165, 1.54) is 0 Å². The van der Waals surface area contributed by atoms with Gasteiger partial charge in [-0.05, 0) is 12.1 Å². The topological polar surface area (TPSA) is 87.7 Å². The minimum atomic E-state index is -1.01. The van der Waals surface area contributed by atoms with Crippen LogP contribution in [-0.2, 0) is 9.53 Å². The van der Waals surface area contributed by atoms with Crippen molar-refractivity contribution >= 4 is 23.4 Å². The first-order chi connectivity index (χ1) is 10.0. The lowest BCUT2D eigenvalue weighted by Gasteiger charge is -2.20. The lowest BCUT2D eigenvalue weighted by atomic mass is 10.0. The minimum absolute atomic E-state index is 0.105. The van der Waals surface area contributed by atoms with Crippen LogP contribution in [0.4, 0.5) is 0 Å². The lowest BCUT2D eigenvalue weighted by molar-refractivity contribution is -0.121. The zero-order chi connectivity index (χ0) is 15.3. The maximum Gasteiger partial charge on any atom is 0.253 e. The quantitative estimate of drug-likeness (QED) is 0.731. The molecule has 1 atom stereocenters. The number of hydrogen-bond donors (Lipinski definition) is 3. The molecule has 2 amide bonds. The summed E-state index contributed by atoms with van der Waals surface area (Å²) in [6.07, 6.45) is 0.485. The van der Waals surface area contributed by atoms with Gasteiger partial charge in [0.15, 0.2) is 0 Å². The molecule has 6 nitrogen and oxygen atoms in total. The van der Waals surface area contributed by atoms with Crippen LogP contribution < -0.4 is 10.6 Å². The smallest absolute Gasteiger partial charge is 0.253 e. The van der Waals surface area contributed by atoms with Gasteiger partial charge in [0.1, 0.15) is 5.60 Å². The van der Waals surface area contributed by atoms with Crippen LogP contribution in [-0.4, -0.2) is 48.8 Å².